The van der Waals surface area contributed by atoms with Gasteiger partial charge >= 0.3 is 0 Å². The van der Waals surface area contributed by atoms with Crippen molar-refractivity contribution in [1.82, 2.24) is 10.2 Å². The number of hydrogen-bond donors (Lipinski definition) is 1. The molecule has 3 fully saturated rings. The van der Waals surface area contributed by atoms with Crippen LogP contribution in [0.25, 0.3) is 0 Å². The van der Waals surface area contributed by atoms with Crippen LogP contribution < -0.4 is 5.32 Å². The molecule has 0 bridgehead atoms. The zero-order valence-electron chi connectivity index (χ0n) is 16.2. The molecule has 1 unspecified atom stereocenters. The lowest BCUT2D eigenvalue weighted by molar-refractivity contribution is -0.130. The van der Waals surface area contributed by atoms with Crippen LogP contribution in [-0.4, -0.2) is 49.1 Å². The summed E-state index contributed by atoms with van der Waals surface area (Å²) in [5, 5.41) is 3.28. The molecule has 2 saturated heterocycles. The van der Waals surface area contributed by atoms with Gasteiger partial charge in [-0.2, -0.15) is 0 Å². The van der Waals surface area contributed by atoms with Crippen LogP contribution in [0.3, 0.4) is 0 Å². The highest BCUT2D eigenvalue weighted by Crippen LogP contribution is 2.45. The van der Waals surface area contributed by atoms with Gasteiger partial charge in [-0.1, -0.05) is 30.5 Å². The third-order valence-electron chi connectivity index (χ3n) is 6.71. The minimum absolute atomic E-state index is 0.0423. The summed E-state index contributed by atoms with van der Waals surface area (Å²) >= 11 is 0. The monoisotopic (exact) mass is 370 g/mol. The second-order valence-electron chi connectivity index (χ2n) is 8.57. The molecule has 0 aromatic heterocycles. The number of carbonyl (C=O) groups excluding carboxylic acids is 2. The van der Waals surface area contributed by atoms with E-state index < -0.39 is 0 Å². The molecular formula is C22H30N2O3. The molecule has 27 heavy (non-hydrogen) atoms. The second-order valence-corrected chi connectivity index (χ2v) is 8.57. The lowest BCUT2D eigenvalue weighted by Gasteiger charge is -2.37. The zero-order valence-corrected chi connectivity index (χ0v) is 16.2. The fraction of sp³-hybridized carbons (Fsp3) is 0.636. The smallest absolute Gasteiger partial charge is 0.253 e. The van der Waals surface area contributed by atoms with Crippen LogP contribution in [0.4, 0.5) is 0 Å². The molecule has 1 saturated carbocycles. The van der Waals surface area contributed by atoms with E-state index in [1.165, 1.54) is 12.8 Å². The Labute approximate surface area is 161 Å². The Morgan fingerprint density at radius 1 is 1.19 bits per heavy atom. The van der Waals surface area contributed by atoms with Crippen LogP contribution in [0.5, 0.6) is 0 Å². The van der Waals surface area contributed by atoms with Crippen molar-refractivity contribution in [2.24, 2.45) is 11.3 Å². The fourth-order valence-electron chi connectivity index (χ4n) is 5.10. The van der Waals surface area contributed by atoms with Gasteiger partial charge in [0.05, 0.1) is 5.92 Å². The van der Waals surface area contributed by atoms with Gasteiger partial charge in [0.15, 0.2) is 0 Å². The molecule has 1 N–H and O–H groups in total. The highest BCUT2D eigenvalue weighted by atomic mass is 16.5. The first-order chi connectivity index (χ1) is 13.1. The topological polar surface area (TPSA) is 58.6 Å². The summed E-state index contributed by atoms with van der Waals surface area (Å²) in [5.74, 6) is 0.0554. The van der Waals surface area contributed by atoms with Crippen molar-refractivity contribution in [1.29, 1.82) is 0 Å². The number of likely N-dealkylation sites (tertiary alicyclic amines) is 1. The van der Waals surface area contributed by atoms with Gasteiger partial charge < -0.3 is 15.0 Å². The van der Waals surface area contributed by atoms with Crippen LogP contribution in [0.1, 0.15) is 54.4 Å². The predicted octanol–water partition coefficient (Wildman–Crippen LogP) is 2.92. The van der Waals surface area contributed by atoms with Crippen molar-refractivity contribution >= 4 is 11.8 Å². The van der Waals surface area contributed by atoms with Gasteiger partial charge in [0.1, 0.15) is 0 Å². The highest BCUT2D eigenvalue weighted by Gasteiger charge is 2.52. The lowest BCUT2D eigenvalue weighted by Crippen LogP contribution is -2.46. The van der Waals surface area contributed by atoms with Gasteiger partial charge in [-0.3, -0.25) is 9.59 Å². The van der Waals surface area contributed by atoms with Crippen molar-refractivity contribution in [3.63, 3.8) is 0 Å². The standard InChI is InChI=1S/C22H30N2O3/c1-16-5-4-6-17(13-16)21(26)24-14-19(20(25)23-18-7-2-3-8-18)22(15-24)9-11-27-12-10-22/h4-6,13,18-19H,2-3,7-12,14-15H2,1H3,(H,23,25). The summed E-state index contributed by atoms with van der Waals surface area (Å²) in [6.45, 7) is 4.54. The Bertz CT molecular complexity index is 705. The van der Waals surface area contributed by atoms with Gasteiger partial charge in [-0.15, -0.1) is 0 Å². The van der Waals surface area contributed by atoms with Crippen molar-refractivity contribution in [2.45, 2.75) is 51.5 Å². The maximum absolute atomic E-state index is 13.1. The summed E-state index contributed by atoms with van der Waals surface area (Å²) in [4.78, 5) is 28.1. The maximum Gasteiger partial charge on any atom is 0.253 e. The molecule has 0 radical (unpaired) electrons. The minimum atomic E-state index is -0.138. The molecule has 2 heterocycles. The van der Waals surface area contributed by atoms with E-state index in [0.717, 1.165) is 31.2 Å². The minimum Gasteiger partial charge on any atom is -0.381 e. The summed E-state index contributed by atoms with van der Waals surface area (Å²) in [6.07, 6.45) is 6.28. The quantitative estimate of drug-likeness (QED) is 0.890. The molecule has 1 aromatic rings. The van der Waals surface area contributed by atoms with Gasteiger partial charge in [0, 0.05) is 43.3 Å². The largest absolute Gasteiger partial charge is 0.381 e. The molecule has 1 aromatic carbocycles. The van der Waals surface area contributed by atoms with Crippen LogP contribution in [0.2, 0.25) is 0 Å². The van der Waals surface area contributed by atoms with Crippen LogP contribution in [-0.2, 0) is 9.53 Å². The molecule has 3 aliphatic rings. The van der Waals surface area contributed by atoms with Gasteiger partial charge in [0.2, 0.25) is 5.91 Å². The van der Waals surface area contributed by atoms with E-state index in [9.17, 15) is 9.59 Å². The van der Waals surface area contributed by atoms with E-state index in [0.29, 0.717) is 37.9 Å². The molecule has 4 rings (SSSR count). The summed E-state index contributed by atoms with van der Waals surface area (Å²) in [5.41, 5.74) is 1.66. The molecule has 2 amide bonds. The molecule has 1 atom stereocenters. The molecule has 1 aliphatic carbocycles. The first-order valence-corrected chi connectivity index (χ1v) is 10.3. The molecule has 5 heteroatoms. The van der Waals surface area contributed by atoms with Crippen LogP contribution in [0, 0.1) is 18.3 Å². The van der Waals surface area contributed by atoms with Crippen molar-refractivity contribution in [2.75, 3.05) is 26.3 Å². The lowest BCUT2D eigenvalue weighted by atomic mass is 9.71. The predicted molar refractivity (Wildman–Crippen MR) is 103 cm³/mol. The van der Waals surface area contributed by atoms with Crippen molar-refractivity contribution in [3.05, 3.63) is 35.4 Å². The van der Waals surface area contributed by atoms with E-state index in [4.69, 9.17) is 4.74 Å². The zero-order chi connectivity index (χ0) is 18.9. The average molecular weight is 370 g/mol. The number of nitrogens with one attached hydrogen (secondary N) is 1. The molecule has 5 nitrogen and oxygen atoms in total. The molecule has 146 valence electrons. The Kier molecular flexibility index (Phi) is 5.22. The van der Waals surface area contributed by atoms with Gasteiger partial charge in [-0.25, -0.2) is 0 Å². The first-order valence-electron chi connectivity index (χ1n) is 10.3. The molecular weight excluding hydrogens is 340 g/mol. The van der Waals surface area contributed by atoms with E-state index in [1.807, 2.05) is 36.1 Å². The summed E-state index contributed by atoms with van der Waals surface area (Å²) in [7, 11) is 0. The Morgan fingerprint density at radius 2 is 1.93 bits per heavy atom. The van der Waals surface area contributed by atoms with Crippen molar-refractivity contribution < 1.29 is 14.3 Å². The number of carbonyl (C=O) groups is 2. The normalized spacial score (nSPS) is 25.1. The first kappa shape index (κ1) is 18.5. The highest BCUT2D eigenvalue weighted by molar-refractivity contribution is 5.95. The van der Waals surface area contributed by atoms with Crippen LogP contribution in [0.15, 0.2) is 24.3 Å². The molecule has 2 aliphatic heterocycles. The van der Waals surface area contributed by atoms with Gasteiger partial charge in [0.25, 0.3) is 5.91 Å². The molecule has 1 spiro atoms. The number of aryl methyl sites for hydroxylation is 1. The maximum atomic E-state index is 13.1. The number of hydrogen-bond acceptors (Lipinski definition) is 3. The second kappa shape index (κ2) is 7.63. The third kappa shape index (κ3) is 3.75. The fourth-order valence-corrected chi connectivity index (χ4v) is 5.10. The number of benzene rings is 1. The van der Waals surface area contributed by atoms with Crippen LogP contribution >= 0.6 is 0 Å². The summed E-state index contributed by atoms with van der Waals surface area (Å²) < 4.78 is 5.58. The Hall–Kier alpha value is -1.88. The number of ether oxygens (including phenoxy) is 1. The Morgan fingerprint density at radius 3 is 2.63 bits per heavy atom. The Balaban J connectivity index is 1.53. The number of nitrogens with zero attached hydrogens (tertiary/aromatic N) is 1. The van der Waals surface area contributed by atoms with Crippen molar-refractivity contribution in [3.8, 4) is 0 Å². The van der Waals surface area contributed by atoms with E-state index >= 15 is 0 Å². The number of amides is 2. The summed E-state index contributed by atoms with van der Waals surface area (Å²) in [6, 6.07) is 8.05. The third-order valence-corrected chi connectivity index (χ3v) is 6.71. The average Bonchev–Trinajstić information content (AvgIpc) is 3.30. The SMILES string of the molecule is Cc1cccc(C(=O)N2CC(C(=O)NC3CCCC3)C3(CCOCC3)C2)c1. The number of rotatable bonds is 3. The van der Waals surface area contributed by atoms with E-state index in [-0.39, 0.29) is 23.1 Å². The van der Waals surface area contributed by atoms with E-state index in [1.54, 1.807) is 0 Å². The van der Waals surface area contributed by atoms with Gasteiger partial charge in [-0.05, 0) is 44.7 Å². The van der Waals surface area contributed by atoms with E-state index in [2.05, 4.69) is 5.32 Å².